The fourth-order valence-electron chi connectivity index (χ4n) is 3.11. The summed E-state index contributed by atoms with van der Waals surface area (Å²) in [5, 5.41) is 6.29. The Morgan fingerprint density at radius 3 is 2.62 bits per heavy atom. The average Bonchev–Trinajstić information content (AvgIpc) is 3.01. The van der Waals surface area contributed by atoms with E-state index in [4.69, 9.17) is 11.6 Å². The lowest BCUT2D eigenvalue weighted by atomic mass is 10.2. The van der Waals surface area contributed by atoms with Crippen LogP contribution in [0.5, 0.6) is 0 Å². The van der Waals surface area contributed by atoms with Gasteiger partial charge >= 0.3 is 0 Å². The van der Waals surface area contributed by atoms with Crippen molar-refractivity contribution in [3.8, 4) is 0 Å². The molecule has 1 fully saturated rings. The molecule has 2 aromatic heterocycles. The standard InChI is InChI=1S/C17H19ClN6/c1-22-6-8-23(9-7-22)16-15-10-21-24(17(15)20-12-19-16)11-13-2-4-14(18)5-3-13/h2-5,10,12H,6-9,11H2,1H3/p+1. The van der Waals surface area contributed by atoms with Gasteiger partial charge in [-0.25, -0.2) is 14.6 Å². The fraction of sp³-hybridized carbons (Fsp3) is 0.353. The zero-order valence-electron chi connectivity index (χ0n) is 13.6. The molecular weight excluding hydrogens is 324 g/mol. The Morgan fingerprint density at radius 1 is 1.12 bits per heavy atom. The van der Waals surface area contributed by atoms with Gasteiger partial charge in [-0.15, -0.1) is 0 Å². The predicted octanol–water partition coefficient (Wildman–Crippen LogP) is 0.863. The van der Waals surface area contributed by atoms with Gasteiger partial charge in [-0.3, -0.25) is 0 Å². The quantitative estimate of drug-likeness (QED) is 0.766. The molecule has 4 rings (SSSR count). The van der Waals surface area contributed by atoms with Gasteiger partial charge in [-0.2, -0.15) is 5.10 Å². The molecule has 1 aromatic carbocycles. The van der Waals surface area contributed by atoms with Crippen LogP contribution in [-0.4, -0.2) is 53.0 Å². The maximum absolute atomic E-state index is 5.96. The highest BCUT2D eigenvalue weighted by Gasteiger charge is 2.21. The Balaban J connectivity index is 1.65. The van der Waals surface area contributed by atoms with Gasteiger partial charge in [-0.1, -0.05) is 23.7 Å². The van der Waals surface area contributed by atoms with Crippen LogP contribution in [0.4, 0.5) is 5.82 Å². The monoisotopic (exact) mass is 343 g/mol. The molecule has 0 atom stereocenters. The molecule has 0 saturated carbocycles. The van der Waals surface area contributed by atoms with Crippen LogP contribution in [-0.2, 0) is 6.54 Å². The molecular formula is C17H20ClN6+. The molecule has 124 valence electrons. The zero-order chi connectivity index (χ0) is 16.5. The lowest BCUT2D eigenvalue weighted by Crippen LogP contribution is -3.12. The number of hydrogen-bond acceptors (Lipinski definition) is 4. The zero-order valence-corrected chi connectivity index (χ0v) is 14.4. The third-order valence-electron chi connectivity index (χ3n) is 4.57. The number of benzene rings is 1. The number of halogens is 1. The largest absolute Gasteiger partial charge is 0.345 e. The number of quaternary nitrogens is 1. The van der Waals surface area contributed by atoms with Crippen LogP contribution in [0.1, 0.15) is 5.56 Å². The van der Waals surface area contributed by atoms with Crippen molar-refractivity contribution in [1.29, 1.82) is 0 Å². The molecule has 3 heterocycles. The minimum absolute atomic E-state index is 0.671. The van der Waals surface area contributed by atoms with E-state index in [9.17, 15) is 0 Å². The van der Waals surface area contributed by atoms with Crippen LogP contribution < -0.4 is 9.80 Å². The maximum atomic E-state index is 5.96. The van der Waals surface area contributed by atoms with Gasteiger partial charge in [0.25, 0.3) is 0 Å². The predicted molar refractivity (Wildman–Crippen MR) is 94.7 cm³/mol. The Bertz CT molecular complexity index is 836. The third-order valence-corrected chi connectivity index (χ3v) is 4.83. The van der Waals surface area contributed by atoms with Crippen molar-refractivity contribution in [2.24, 2.45) is 0 Å². The normalized spacial score (nSPS) is 16.0. The molecule has 0 amide bonds. The SMILES string of the molecule is C[NH+]1CCN(c2ncnc3c2cnn3Cc2ccc(Cl)cc2)CC1. The number of rotatable bonds is 3. The van der Waals surface area contributed by atoms with Gasteiger partial charge in [-0.05, 0) is 17.7 Å². The number of likely N-dealkylation sites (N-methyl/N-ethyl adjacent to an activating group) is 1. The first-order chi connectivity index (χ1) is 11.7. The van der Waals surface area contributed by atoms with Crippen LogP contribution in [0.3, 0.4) is 0 Å². The van der Waals surface area contributed by atoms with E-state index in [2.05, 4.69) is 27.0 Å². The summed E-state index contributed by atoms with van der Waals surface area (Å²) < 4.78 is 1.92. The molecule has 1 aliphatic rings. The number of aromatic nitrogens is 4. The van der Waals surface area contributed by atoms with Crippen LogP contribution in [0, 0.1) is 0 Å². The van der Waals surface area contributed by atoms with E-state index < -0.39 is 0 Å². The first-order valence-electron chi connectivity index (χ1n) is 8.18. The van der Waals surface area contributed by atoms with E-state index >= 15 is 0 Å². The van der Waals surface area contributed by atoms with Gasteiger partial charge in [0.1, 0.15) is 12.1 Å². The highest BCUT2D eigenvalue weighted by atomic mass is 35.5. The molecule has 7 heteroatoms. The second-order valence-electron chi connectivity index (χ2n) is 6.31. The molecule has 1 N–H and O–H groups in total. The number of nitrogens with zero attached hydrogens (tertiary/aromatic N) is 5. The molecule has 0 unspecified atom stereocenters. The molecule has 1 saturated heterocycles. The number of hydrogen-bond donors (Lipinski definition) is 1. The van der Waals surface area contributed by atoms with E-state index in [0.717, 1.165) is 53.6 Å². The van der Waals surface area contributed by atoms with Gasteiger partial charge < -0.3 is 9.80 Å². The Morgan fingerprint density at radius 2 is 1.88 bits per heavy atom. The van der Waals surface area contributed by atoms with Crippen molar-refractivity contribution in [1.82, 2.24) is 19.7 Å². The summed E-state index contributed by atoms with van der Waals surface area (Å²) >= 11 is 5.96. The summed E-state index contributed by atoms with van der Waals surface area (Å²) in [7, 11) is 2.23. The van der Waals surface area contributed by atoms with Crippen molar-refractivity contribution in [3.63, 3.8) is 0 Å². The molecule has 6 nitrogen and oxygen atoms in total. The van der Waals surface area contributed by atoms with E-state index in [1.807, 2.05) is 35.1 Å². The second-order valence-corrected chi connectivity index (χ2v) is 6.74. The number of nitrogens with one attached hydrogen (secondary N) is 1. The van der Waals surface area contributed by atoms with Gasteiger partial charge in [0.2, 0.25) is 0 Å². The second kappa shape index (κ2) is 6.37. The molecule has 0 bridgehead atoms. The molecule has 3 aromatic rings. The Labute approximate surface area is 145 Å². The van der Waals surface area contributed by atoms with Crippen molar-refractivity contribution in [2.75, 3.05) is 38.1 Å². The van der Waals surface area contributed by atoms with Gasteiger partial charge in [0.15, 0.2) is 5.65 Å². The van der Waals surface area contributed by atoms with Crippen LogP contribution >= 0.6 is 11.6 Å². The van der Waals surface area contributed by atoms with Gasteiger partial charge in [0, 0.05) is 5.02 Å². The van der Waals surface area contributed by atoms with Crippen molar-refractivity contribution in [3.05, 3.63) is 47.4 Å². The summed E-state index contributed by atoms with van der Waals surface area (Å²) in [4.78, 5) is 12.9. The topological polar surface area (TPSA) is 51.3 Å². The Kier molecular flexibility index (Phi) is 4.08. The summed E-state index contributed by atoms with van der Waals surface area (Å²) in [5.74, 6) is 0.995. The molecule has 0 aliphatic carbocycles. The summed E-state index contributed by atoms with van der Waals surface area (Å²) in [6.07, 6.45) is 3.52. The molecule has 0 radical (unpaired) electrons. The number of fused-ring (bicyclic) bond motifs is 1. The van der Waals surface area contributed by atoms with Gasteiger partial charge in [0.05, 0.1) is 51.4 Å². The number of anilines is 1. The van der Waals surface area contributed by atoms with Crippen LogP contribution in [0.15, 0.2) is 36.8 Å². The summed E-state index contributed by atoms with van der Waals surface area (Å²) in [6.45, 7) is 4.96. The lowest BCUT2D eigenvalue weighted by Gasteiger charge is -2.30. The highest BCUT2D eigenvalue weighted by molar-refractivity contribution is 6.30. The minimum Gasteiger partial charge on any atom is -0.345 e. The highest BCUT2D eigenvalue weighted by Crippen LogP contribution is 2.23. The van der Waals surface area contributed by atoms with E-state index in [1.165, 1.54) is 0 Å². The fourth-order valence-corrected chi connectivity index (χ4v) is 3.24. The first kappa shape index (κ1) is 15.4. The maximum Gasteiger partial charge on any atom is 0.163 e. The molecule has 1 aliphatic heterocycles. The van der Waals surface area contributed by atoms with Crippen LogP contribution in [0.2, 0.25) is 5.02 Å². The van der Waals surface area contributed by atoms with E-state index in [1.54, 1.807) is 11.2 Å². The van der Waals surface area contributed by atoms with Crippen molar-refractivity contribution >= 4 is 28.5 Å². The summed E-state index contributed by atoms with van der Waals surface area (Å²) in [5.41, 5.74) is 2.02. The molecule has 0 spiro atoms. The number of piperazine rings is 1. The molecule has 24 heavy (non-hydrogen) atoms. The summed E-state index contributed by atoms with van der Waals surface area (Å²) in [6, 6.07) is 7.83. The van der Waals surface area contributed by atoms with E-state index in [0.29, 0.717) is 6.54 Å². The first-order valence-corrected chi connectivity index (χ1v) is 8.56. The third kappa shape index (κ3) is 2.95. The van der Waals surface area contributed by atoms with E-state index in [-0.39, 0.29) is 0 Å². The Hall–Kier alpha value is -2.18. The average molecular weight is 344 g/mol. The minimum atomic E-state index is 0.671. The van der Waals surface area contributed by atoms with Crippen LogP contribution in [0.25, 0.3) is 11.0 Å². The smallest absolute Gasteiger partial charge is 0.163 e. The lowest BCUT2D eigenvalue weighted by molar-refractivity contribution is -0.880. The van der Waals surface area contributed by atoms with Crippen molar-refractivity contribution < 1.29 is 4.90 Å². The van der Waals surface area contributed by atoms with Crippen molar-refractivity contribution in [2.45, 2.75) is 6.54 Å².